The van der Waals surface area contributed by atoms with Crippen LogP contribution in [0.2, 0.25) is 0 Å². The Balaban J connectivity index is 1.62. The molecule has 8 nitrogen and oxygen atoms in total. The molecule has 3 aromatic rings. The van der Waals surface area contributed by atoms with Crippen molar-refractivity contribution in [2.45, 2.75) is 51.6 Å². The summed E-state index contributed by atoms with van der Waals surface area (Å²) in [5, 5.41) is 5.92. The first-order valence-electron chi connectivity index (χ1n) is 11.4. The summed E-state index contributed by atoms with van der Waals surface area (Å²) in [6, 6.07) is 11.4. The van der Waals surface area contributed by atoms with Crippen molar-refractivity contribution in [3.05, 3.63) is 57.7 Å². The molecule has 4 rings (SSSR count). The number of aromatic nitrogens is 2. The molecular weight excluding hydrogens is 418 g/mol. The topological polar surface area (TPSA) is 119 Å². The second-order valence-corrected chi connectivity index (χ2v) is 8.40. The molecule has 2 amide bonds. The van der Waals surface area contributed by atoms with Crippen LogP contribution in [0.4, 0.5) is 5.82 Å². The molecular formula is C25H29N5O3. The minimum atomic E-state index is -0.516. The molecule has 8 heteroatoms. The van der Waals surface area contributed by atoms with Crippen LogP contribution in [-0.4, -0.2) is 34.5 Å². The number of pyridine rings is 2. The monoisotopic (exact) mass is 447 g/mol. The lowest BCUT2D eigenvalue weighted by Crippen LogP contribution is -2.33. The standard InChI is InChI=1S/C25H29N5O3/c1-3-30-23(26)21(25(33)27-2)22(32)18-12-13-19(29-24(18)30)16-10-8-15(9-11-16)14-20(31)28-17-6-4-5-7-17/h8-13,17H,3-7,14,26H2,1-2H3,(H,27,33)(H,28,31). The number of fused-ring (bicyclic) bond motifs is 1. The van der Waals surface area contributed by atoms with E-state index in [1.165, 1.54) is 19.9 Å². The molecule has 1 aliphatic rings. The highest BCUT2D eigenvalue weighted by atomic mass is 16.2. The Morgan fingerprint density at radius 3 is 2.45 bits per heavy atom. The van der Waals surface area contributed by atoms with E-state index in [2.05, 4.69) is 10.6 Å². The highest BCUT2D eigenvalue weighted by Crippen LogP contribution is 2.23. The van der Waals surface area contributed by atoms with E-state index in [4.69, 9.17) is 10.7 Å². The van der Waals surface area contributed by atoms with Gasteiger partial charge in [-0.2, -0.15) is 0 Å². The van der Waals surface area contributed by atoms with E-state index in [9.17, 15) is 14.4 Å². The number of carbonyl (C=O) groups excluding carboxylic acids is 2. The van der Waals surface area contributed by atoms with Crippen molar-refractivity contribution in [3.63, 3.8) is 0 Å². The Kier molecular flexibility index (Phi) is 6.44. The fraction of sp³-hybridized carbons (Fsp3) is 0.360. The highest BCUT2D eigenvalue weighted by Gasteiger charge is 2.21. The average molecular weight is 448 g/mol. The molecule has 172 valence electrons. The summed E-state index contributed by atoms with van der Waals surface area (Å²) in [7, 11) is 1.46. The molecule has 4 N–H and O–H groups in total. The normalized spacial score (nSPS) is 13.9. The molecule has 33 heavy (non-hydrogen) atoms. The van der Waals surface area contributed by atoms with Gasteiger partial charge in [-0.3, -0.25) is 14.4 Å². The van der Waals surface area contributed by atoms with Gasteiger partial charge in [0.1, 0.15) is 17.0 Å². The number of nitrogens with one attached hydrogen (secondary N) is 2. The van der Waals surface area contributed by atoms with Gasteiger partial charge in [0.2, 0.25) is 11.3 Å². The van der Waals surface area contributed by atoms with Gasteiger partial charge in [0.15, 0.2) is 0 Å². The molecule has 0 radical (unpaired) electrons. The molecule has 0 aliphatic heterocycles. The van der Waals surface area contributed by atoms with Gasteiger partial charge in [-0.1, -0.05) is 37.1 Å². The molecule has 1 saturated carbocycles. The Morgan fingerprint density at radius 1 is 1.12 bits per heavy atom. The van der Waals surface area contributed by atoms with Crippen molar-refractivity contribution in [3.8, 4) is 11.3 Å². The maximum Gasteiger partial charge on any atom is 0.258 e. The maximum absolute atomic E-state index is 12.9. The zero-order valence-corrected chi connectivity index (χ0v) is 19.0. The summed E-state index contributed by atoms with van der Waals surface area (Å²) in [5.74, 6) is -0.367. The lowest BCUT2D eigenvalue weighted by molar-refractivity contribution is -0.121. The first kappa shape index (κ1) is 22.5. The van der Waals surface area contributed by atoms with Crippen LogP contribution in [0.1, 0.15) is 48.5 Å². The van der Waals surface area contributed by atoms with Crippen LogP contribution in [0.5, 0.6) is 0 Å². The van der Waals surface area contributed by atoms with Gasteiger partial charge >= 0.3 is 0 Å². The fourth-order valence-corrected chi connectivity index (χ4v) is 4.48. The predicted molar refractivity (Wildman–Crippen MR) is 129 cm³/mol. The second-order valence-electron chi connectivity index (χ2n) is 8.40. The van der Waals surface area contributed by atoms with Crippen molar-refractivity contribution in [1.29, 1.82) is 0 Å². The third kappa shape index (κ3) is 4.46. The van der Waals surface area contributed by atoms with Crippen LogP contribution in [0.15, 0.2) is 41.2 Å². The number of amides is 2. The zero-order valence-electron chi connectivity index (χ0n) is 19.0. The number of benzene rings is 1. The minimum absolute atomic E-state index is 0.0489. The Morgan fingerprint density at radius 2 is 1.82 bits per heavy atom. The Hall–Kier alpha value is -3.68. The Bertz CT molecular complexity index is 1260. The first-order valence-corrected chi connectivity index (χ1v) is 11.4. The Labute approximate surface area is 192 Å². The molecule has 1 aliphatic carbocycles. The van der Waals surface area contributed by atoms with Gasteiger partial charge < -0.3 is 20.9 Å². The number of nitrogens with zero attached hydrogens (tertiary/aromatic N) is 2. The summed E-state index contributed by atoms with van der Waals surface area (Å²) in [6.45, 7) is 2.34. The molecule has 0 unspecified atom stereocenters. The molecule has 0 bridgehead atoms. The van der Waals surface area contributed by atoms with Crippen LogP contribution >= 0.6 is 0 Å². The molecule has 0 spiro atoms. The maximum atomic E-state index is 12.9. The van der Waals surface area contributed by atoms with Gasteiger partial charge in [-0.15, -0.1) is 0 Å². The zero-order chi connectivity index (χ0) is 23.5. The molecule has 0 atom stereocenters. The lowest BCUT2D eigenvalue weighted by atomic mass is 10.0. The summed E-state index contributed by atoms with van der Waals surface area (Å²) < 4.78 is 1.67. The molecule has 2 aromatic heterocycles. The number of carbonyl (C=O) groups is 2. The number of hydrogen-bond donors (Lipinski definition) is 3. The van der Waals surface area contributed by atoms with Crippen molar-refractivity contribution >= 4 is 28.7 Å². The van der Waals surface area contributed by atoms with Gasteiger partial charge in [0.05, 0.1) is 17.5 Å². The number of anilines is 1. The predicted octanol–water partition coefficient (Wildman–Crippen LogP) is 2.63. The molecule has 2 heterocycles. The highest BCUT2D eigenvalue weighted by molar-refractivity contribution is 6.01. The van der Waals surface area contributed by atoms with Gasteiger partial charge in [-0.05, 0) is 37.5 Å². The van der Waals surface area contributed by atoms with Crippen molar-refractivity contribution in [2.75, 3.05) is 12.8 Å². The van der Waals surface area contributed by atoms with E-state index >= 15 is 0 Å². The van der Waals surface area contributed by atoms with Gasteiger partial charge in [0, 0.05) is 25.2 Å². The third-order valence-electron chi connectivity index (χ3n) is 6.25. The summed E-state index contributed by atoms with van der Waals surface area (Å²) in [4.78, 5) is 42.1. The summed E-state index contributed by atoms with van der Waals surface area (Å²) in [6.07, 6.45) is 4.84. The quantitative estimate of drug-likeness (QED) is 0.537. The van der Waals surface area contributed by atoms with Crippen LogP contribution in [0, 0.1) is 0 Å². The van der Waals surface area contributed by atoms with Crippen LogP contribution in [0.25, 0.3) is 22.3 Å². The minimum Gasteiger partial charge on any atom is -0.384 e. The fourth-order valence-electron chi connectivity index (χ4n) is 4.48. The van der Waals surface area contributed by atoms with E-state index in [1.807, 2.05) is 31.2 Å². The molecule has 1 aromatic carbocycles. The van der Waals surface area contributed by atoms with E-state index in [0.29, 0.717) is 35.7 Å². The van der Waals surface area contributed by atoms with Gasteiger partial charge in [-0.25, -0.2) is 4.98 Å². The number of rotatable bonds is 6. The summed E-state index contributed by atoms with van der Waals surface area (Å²) in [5.41, 5.74) is 8.58. The molecule has 0 saturated heterocycles. The third-order valence-corrected chi connectivity index (χ3v) is 6.25. The number of nitrogen functional groups attached to an aromatic ring is 1. The number of hydrogen-bond acceptors (Lipinski definition) is 5. The van der Waals surface area contributed by atoms with E-state index in [0.717, 1.165) is 24.0 Å². The largest absolute Gasteiger partial charge is 0.384 e. The van der Waals surface area contributed by atoms with Crippen LogP contribution < -0.4 is 21.8 Å². The van der Waals surface area contributed by atoms with Gasteiger partial charge in [0.25, 0.3) is 5.91 Å². The molecule has 1 fully saturated rings. The number of nitrogens with two attached hydrogens (primary N) is 1. The van der Waals surface area contributed by atoms with E-state index in [-0.39, 0.29) is 17.3 Å². The van der Waals surface area contributed by atoms with Crippen LogP contribution in [-0.2, 0) is 17.8 Å². The van der Waals surface area contributed by atoms with Crippen molar-refractivity contribution < 1.29 is 9.59 Å². The summed E-state index contributed by atoms with van der Waals surface area (Å²) >= 11 is 0. The average Bonchev–Trinajstić information content (AvgIpc) is 3.32. The number of aryl methyl sites for hydroxylation is 1. The SMILES string of the molecule is CCn1c(N)c(C(=O)NC)c(=O)c2ccc(-c3ccc(CC(=O)NC4CCCC4)cc3)nc21. The van der Waals surface area contributed by atoms with Crippen LogP contribution in [0.3, 0.4) is 0 Å². The van der Waals surface area contributed by atoms with Crippen molar-refractivity contribution in [2.24, 2.45) is 0 Å². The van der Waals surface area contributed by atoms with Crippen molar-refractivity contribution in [1.82, 2.24) is 20.2 Å². The first-order chi connectivity index (χ1) is 15.9. The van der Waals surface area contributed by atoms with E-state index < -0.39 is 11.3 Å². The lowest BCUT2D eigenvalue weighted by Gasteiger charge is -2.15. The smallest absolute Gasteiger partial charge is 0.258 e. The second kappa shape index (κ2) is 9.44. The van der Waals surface area contributed by atoms with E-state index in [1.54, 1.807) is 16.7 Å².